The third-order valence-corrected chi connectivity index (χ3v) is 6.36. The van der Waals surface area contributed by atoms with Gasteiger partial charge in [-0.15, -0.1) is 0 Å². The zero-order valence-corrected chi connectivity index (χ0v) is 18.8. The van der Waals surface area contributed by atoms with E-state index in [2.05, 4.69) is 5.32 Å². The van der Waals surface area contributed by atoms with Crippen LogP contribution in [0, 0.1) is 5.92 Å². The van der Waals surface area contributed by atoms with Crippen LogP contribution < -0.4 is 5.32 Å². The Kier molecular flexibility index (Phi) is 7.14. The summed E-state index contributed by atoms with van der Waals surface area (Å²) in [4.78, 5) is 38.2. The summed E-state index contributed by atoms with van der Waals surface area (Å²) >= 11 is 0. The maximum absolute atomic E-state index is 13.0. The molecule has 0 saturated carbocycles. The number of benzene rings is 2. The molecule has 9 nitrogen and oxygen atoms in total. The van der Waals surface area contributed by atoms with Gasteiger partial charge in [-0.2, -0.15) is 0 Å². The molecule has 3 atom stereocenters. The fraction of sp³-hybridized carbons (Fsp3) is 0.400. The lowest BCUT2D eigenvalue weighted by Crippen LogP contribution is -2.56. The third-order valence-electron chi connectivity index (χ3n) is 6.36. The SMILES string of the molecule is COCC(NC(=O)OCC1c2ccccc2-c2ccccc21)C(=O)N1CC(O)CC(C(=O)O)C1. The highest BCUT2D eigenvalue weighted by atomic mass is 16.5. The van der Waals surface area contributed by atoms with Crippen LogP contribution in [0.15, 0.2) is 48.5 Å². The number of β-amino-alcohol motifs (C(OH)–C–C–N with tert-alkyl or cyclic N) is 1. The van der Waals surface area contributed by atoms with E-state index in [1.165, 1.54) is 12.0 Å². The number of aliphatic hydroxyl groups is 1. The number of nitrogens with one attached hydrogen (secondary N) is 1. The van der Waals surface area contributed by atoms with Crippen molar-refractivity contribution in [1.82, 2.24) is 10.2 Å². The molecule has 4 rings (SSSR count). The van der Waals surface area contributed by atoms with Gasteiger partial charge in [0.2, 0.25) is 5.91 Å². The first-order chi connectivity index (χ1) is 16.4. The van der Waals surface area contributed by atoms with Gasteiger partial charge in [0.15, 0.2) is 0 Å². The number of piperidine rings is 1. The summed E-state index contributed by atoms with van der Waals surface area (Å²) in [5.74, 6) is -2.60. The van der Waals surface area contributed by atoms with Gasteiger partial charge < -0.3 is 29.9 Å². The fourth-order valence-corrected chi connectivity index (χ4v) is 4.78. The van der Waals surface area contributed by atoms with Crippen LogP contribution in [0.5, 0.6) is 0 Å². The molecule has 1 fully saturated rings. The molecule has 2 aromatic rings. The van der Waals surface area contributed by atoms with Crippen molar-refractivity contribution in [3.8, 4) is 11.1 Å². The summed E-state index contributed by atoms with van der Waals surface area (Å²) < 4.78 is 10.6. The normalized spacial score (nSPS) is 20.2. The predicted octanol–water partition coefficient (Wildman–Crippen LogP) is 1.83. The van der Waals surface area contributed by atoms with Gasteiger partial charge in [0, 0.05) is 26.1 Å². The highest BCUT2D eigenvalue weighted by Crippen LogP contribution is 2.44. The summed E-state index contributed by atoms with van der Waals surface area (Å²) in [5, 5.41) is 21.8. The molecule has 0 radical (unpaired) electrons. The molecule has 2 amide bonds. The summed E-state index contributed by atoms with van der Waals surface area (Å²) in [6.45, 7) is -0.0718. The first-order valence-electron chi connectivity index (χ1n) is 11.2. The number of amides is 2. The second kappa shape index (κ2) is 10.2. The number of hydrogen-bond donors (Lipinski definition) is 3. The maximum Gasteiger partial charge on any atom is 0.407 e. The van der Waals surface area contributed by atoms with Gasteiger partial charge >= 0.3 is 12.1 Å². The van der Waals surface area contributed by atoms with E-state index >= 15 is 0 Å². The number of nitrogens with zero attached hydrogens (tertiary/aromatic N) is 1. The van der Waals surface area contributed by atoms with Gasteiger partial charge in [-0.1, -0.05) is 48.5 Å². The van der Waals surface area contributed by atoms with Crippen molar-refractivity contribution in [2.45, 2.75) is 24.5 Å². The Balaban J connectivity index is 1.41. The molecule has 1 aliphatic carbocycles. The van der Waals surface area contributed by atoms with Crippen molar-refractivity contribution < 1.29 is 34.1 Å². The number of carbonyl (C=O) groups excluding carboxylic acids is 2. The molecule has 3 N–H and O–H groups in total. The Bertz CT molecular complexity index is 1030. The summed E-state index contributed by atoms with van der Waals surface area (Å²) in [5.41, 5.74) is 4.36. The van der Waals surface area contributed by atoms with E-state index < -0.39 is 36.0 Å². The number of fused-ring (bicyclic) bond motifs is 3. The number of carboxylic acids is 1. The number of aliphatic hydroxyl groups excluding tert-OH is 1. The number of alkyl carbamates (subject to hydrolysis) is 1. The predicted molar refractivity (Wildman–Crippen MR) is 122 cm³/mol. The average molecular weight is 469 g/mol. The van der Waals surface area contributed by atoms with Crippen LogP contribution in [0.25, 0.3) is 11.1 Å². The van der Waals surface area contributed by atoms with Gasteiger partial charge in [-0.3, -0.25) is 9.59 Å². The maximum atomic E-state index is 13.0. The van der Waals surface area contributed by atoms with E-state index in [1.54, 1.807) is 0 Å². The van der Waals surface area contributed by atoms with Crippen molar-refractivity contribution in [3.63, 3.8) is 0 Å². The van der Waals surface area contributed by atoms with E-state index in [4.69, 9.17) is 9.47 Å². The quantitative estimate of drug-likeness (QED) is 0.566. The Labute approximate surface area is 197 Å². The van der Waals surface area contributed by atoms with Crippen LogP contribution in [-0.2, 0) is 19.1 Å². The van der Waals surface area contributed by atoms with Crippen LogP contribution in [0.4, 0.5) is 4.79 Å². The Morgan fingerprint density at radius 1 is 1.06 bits per heavy atom. The summed E-state index contributed by atoms with van der Waals surface area (Å²) in [6, 6.07) is 14.9. The second-order valence-electron chi connectivity index (χ2n) is 8.65. The standard InChI is InChI=1S/C25H28N2O7/c1-33-14-22(23(29)27-11-15(24(30)31)10-16(28)12-27)26-25(32)34-13-21-19-8-4-2-6-17(19)18-7-3-5-9-20(18)21/h2-9,15-16,21-22,28H,10-14H2,1H3,(H,26,32)(H,30,31). The second-order valence-corrected chi connectivity index (χ2v) is 8.65. The molecule has 1 aliphatic heterocycles. The molecule has 0 aromatic heterocycles. The number of carboxylic acid groups (broad SMARTS) is 1. The number of likely N-dealkylation sites (tertiary alicyclic amines) is 1. The van der Waals surface area contributed by atoms with Gasteiger partial charge in [0.25, 0.3) is 0 Å². The number of rotatable bonds is 7. The Morgan fingerprint density at radius 2 is 1.68 bits per heavy atom. The van der Waals surface area contributed by atoms with Crippen molar-refractivity contribution in [1.29, 1.82) is 0 Å². The Morgan fingerprint density at radius 3 is 2.26 bits per heavy atom. The third kappa shape index (κ3) is 4.90. The molecular formula is C25H28N2O7. The molecule has 34 heavy (non-hydrogen) atoms. The number of methoxy groups -OCH3 is 1. The van der Waals surface area contributed by atoms with E-state index in [1.807, 2.05) is 48.5 Å². The first-order valence-corrected chi connectivity index (χ1v) is 11.2. The zero-order chi connectivity index (χ0) is 24.2. The molecular weight excluding hydrogens is 440 g/mol. The molecule has 2 aliphatic rings. The minimum atomic E-state index is -1.08. The minimum absolute atomic E-state index is 0.00476. The average Bonchev–Trinajstić information content (AvgIpc) is 3.15. The van der Waals surface area contributed by atoms with E-state index in [-0.39, 0.29) is 38.6 Å². The van der Waals surface area contributed by atoms with Crippen LogP contribution in [0.1, 0.15) is 23.5 Å². The lowest BCUT2D eigenvalue weighted by molar-refractivity contribution is -0.149. The lowest BCUT2D eigenvalue weighted by Gasteiger charge is -2.35. The van der Waals surface area contributed by atoms with Gasteiger partial charge in [-0.25, -0.2) is 4.79 Å². The summed E-state index contributed by atoms with van der Waals surface area (Å²) in [7, 11) is 1.39. The Hall–Kier alpha value is -3.43. The van der Waals surface area contributed by atoms with Crippen molar-refractivity contribution in [2.24, 2.45) is 5.92 Å². The van der Waals surface area contributed by atoms with Gasteiger partial charge in [-0.05, 0) is 28.7 Å². The van der Waals surface area contributed by atoms with Crippen molar-refractivity contribution in [3.05, 3.63) is 59.7 Å². The van der Waals surface area contributed by atoms with Crippen LogP contribution in [0.2, 0.25) is 0 Å². The number of carbonyl (C=O) groups is 3. The zero-order valence-electron chi connectivity index (χ0n) is 18.8. The largest absolute Gasteiger partial charge is 0.481 e. The van der Waals surface area contributed by atoms with E-state index in [0.717, 1.165) is 22.3 Å². The highest BCUT2D eigenvalue weighted by molar-refractivity contribution is 5.86. The van der Waals surface area contributed by atoms with Crippen molar-refractivity contribution >= 4 is 18.0 Å². The first kappa shape index (κ1) is 23.7. The molecule has 0 bridgehead atoms. The van der Waals surface area contributed by atoms with Gasteiger partial charge in [0.05, 0.1) is 18.6 Å². The van der Waals surface area contributed by atoms with Gasteiger partial charge in [0.1, 0.15) is 12.6 Å². The molecule has 9 heteroatoms. The molecule has 3 unspecified atom stereocenters. The molecule has 1 heterocycles. The van der Waals surface area contributed by atoms with Crippen LogP contribution in [0.3, 0.4) is 0 Å². The topological polar surface area (TPSA) is 125 Å². The number of ether oxygens (including phenoxy) is 2. The number of aliphatic carboxylic acids is 1. The smallest absolute Gasteiger partial charge is 0.407 e. The fourth-order valence-electron chi connectivity index (χ4n) is 4.78. The van der Waals surface area contributed by atoms with Crippen LogP contribution in [-0.4, -0.2) is 78.6 Å². The summed E-state index contributed by atoms with van der Waals surface area (Å²) in [6.07, 6.45) is -1.64. The molecule has 2 aromatic carbocycles. The molecule has 180 valence electrons. The number of hydrogen-bond acceptors (Lipinski definition) is 6. The van der Waals surface area contributed by atoms with E-state index in [0.29, 0.717) is 0 Å². The van der Waals surface area contributed by atoms with E-state index in [9.17, 15) is 24.6 Å². The molecule has 0 spiro atoms. The minimum Gasteiger partial charge on any atom is -0.481 e. The monoisotopic (exact) mass is 468 g/mol. The lowest BCUT2D eigenvalue weighted by atomic mass is 9.95. The van der Waals surface area contributed by atoms with Crippen molar-refractivity contribution in [2.75, 3.05) is 33.4 Å². The highest BCUT2D eigenvalue weighted by Gasteiger charge is 2.36. The molecule has 1 saturated heterocycles. The van der Waals surface area contributed by atoms with Crippen LogP contribution >= 0.6 is 0 Å².